The van der Waals surface area contributed by atoms with Crippen molar-refractivity contribution in [2.45, 2.75) is 32.4 Å². The van der Waals surface area contributed by atoms with Crippen LogP contribution in [0.2, 0.25) is 0 Å². The Labute approximate surface area is 223 Å². The summed E-state index contributed by atoms with van der Waals surface area (Å²) in [5.41, 5.74) is 1.12. The molecule has 204 valence electrons. The molecule has 0 spiro atoms. The van der Waals surface area contributed by atoms with E-state index in [1.807, 2.05) is 13.8 Å². The predicted molar refractivity (Wildman–Crippen MR) is 143 cm³/mol. The molecule has 38 heavy (non-hydrogen) atoms. The molecule has 0 radical (unpaired) electrons. The van der Waals surface area contributed by atoms with E-state index in [0.717, 1.165) is 19.6 Å². The molecule has 0 aliphatic carbocycles. The minimum Gasteiger partial charge on any atom is -0.507 e. The predicted octanol–water partition coefficient (Wildman–Crippen LogP) is 3.64. The minimum absolute atomic E-state index is 0.00212. The Hall–Kier alpha value is -3.56. The zero-order chi connectivity index (χ0) is 27.2. The SMILES string of the molecule is COc1ccc(C2/C(=C(/O)c3ccc(OC(C)C)cc3)C(=O)C(=O)N2CCCN2CCOCC2)cc1OC. The number of methoxy groups -OCH3 is 2. The average molecular weight is 525 g/mol. The van der Waals surface area contributed by atoms with E-state index >= 15 is 0 Å². The van der Waals surface area contributed by atoms with Crippen molar-refractivity contribution in [3.8, 4) is 17.2 Å². The van der Waals surface area contributed by atoms with Gasteiger partial charge in [0.25, 0.3) is 11.7 Å². The van der Waals surface area contributed by atoms with Crippen molar-refractivity contribution in [3.63, 3.8) is 0 Å². The van der Waals surface area contributed by atoms with E-state index in [1.54, 1.807) is 54.5 Å². The summed E-state index contributed by atoms with van der Waals surface area (Å²) in [5.74, 6) is 0.0797. The fourth-order valence-electron chi connectivity index (χ4n) is 4.89. The maximum Gasteiger partial charge on any atom is 0.295 e. The lowest BCUT2D eigenvalue weighted by Crippen LogP contribution is -2.38. The first-order chi connectivity index (χ1) is 18.3. The number of ketones is 1. The van der Waals surface area contributed by atoms with Crippen molar-refractivity contribution in [3.05, 3.63) is 59.2 Å². The number of carbonyl (C=O) groups is 2. The summed E-state index contributed by atoms with van der Waals surface area (Å²) in [5, 5.41) is 11.3. The summed E-state index contributed by atoms with van der Waals surface area (Å²) in [4.78, 5) is 30.5. The number of benzene rings is 2. The first-order valence-corrected chi connectivity index (χ1v) is 12.9. The molecule has 2 fully saturated rings. The molecule has 0 aromatic heterocycles. The van der Waals surface area contributed by atoms with E-state index in [1.165, 1.54) is 7.11 Å². The van der Waals surface area contributed by atoms with Crippen LogP contribution in [0.25, 0.3) is 5.76 Å². The van der Waals surface area contributed by atoms with Crippen LogP contribution in [0.5, 0.6) is 17.2 Å². The summed E-state index contributed by atoms with van der Waals surface area (Å²) in [6.07, 6.45) is 0.681. The molecule has 0 saturated carbocycles. The molecule has 1 atom stereocenters. The zero-order valence-electron chi connectivity index (χ0n) is 22.4. The highest BCUT2D eigenvalue weighted by Gasteiger charge is 2.46. The topological polar surface area (TPSA) is 97.8 Å². The Morgan fingerprint density at radius 2 is 1.68 bits per heavy atom. The summed E-state index contributed by atoms with van der Waals surface area (Å²) >= 11 is 0. The third-order valence-electron chi connectivity index (χ3n) is 6.74. The molecule has 4 rings (SSSR count). The molecule has 2 aromatic carbocycles. The third kappa shape index (κ3) is 5.95. The van der Waals surface area contributed by atoms with E-state index in [-0.39, 0.29) is 17.4 Å². The second kappa shape index (κ2) is 12.3. The molecule has 2 aliphatic heterocycles. The monoisotopic (exact) mass is 524 g/mol. The molecule has 1 amide bonds. The zero-order valence-corrected chi connectivity index (χ0v) is 22.4. The molecule has 9 nitrogen and oxygen atoms in total. The maximum atomic E-state index is 13.4. The largest absolute Gasteiger partial charge is 0.507 e. The van der Waals surface area contributed by atoms with Crippen LogP contribution < -0.4 is 14.2 Å². The number of aliphatic hydroxyl groups is 1. The van der Waals surface area contributed by atoms with Crippen LogP contribution in [-0.4, -0.2) is 86.3 Å². The number of carbonyl (C=O) groups excluding carboxylic acids is 2. The molecule has 0 bridgehead atoms. The van der Waals surface area contributed by atoms with Crippen LogP contribution in [0.3, 0.4) is 0 Å². The Balaban J connectivity index is 1.70. The molecule has 2 aromatic rings. The standard InChI is InChI=1S/C29H36N2O7/c1-19(2)38-22-9-6-20(7-10-22)27(32)25-26(21-8-11-23(35-3)24(18-21)36-4)31(29(34)28(25)33)13-5-12-30-14-16-37-17-15-30/h6-11,18-19,26,32H,5,12-17H2,1-4H3/b27-25-. The molecular weight excluding hydrogens is 488 g/mol. The van der Waals surface area contributed by atoms with Gasteiger partial charge in [-0.2, -0.15) is 0 Å². The van der Waals surface area contributed by atoms with Gasteiger partial charge in [0.05, 0.1) is 45.2 Å². The van der Waals surface area contributed by atoms with Crippen molar-refractivity contribution in [2.24, 2.45) is 0 Å². The maximum absolute atomic E-state index is 13.4. The highest BCUT2D eigenvalue weighted by molar-refractivity contribution is 6.46. The number of amides is 1. The number of likely N-dealkylation sites (tertiary alicyclic amines) is 1. The van der Waals surface area contributed by atoms with E-state index in [2.05, 4.69) is 4.90 Å². The van der Waals surface area contributed by atoms with E-state index in [4.69, 9.17) is 18.9 Å². The lowest BCUT2D eigenvalue weighted by atomic mass is 9.95. The van der Waals surface area contributed by atoms with Gasteiger partial charge < -0.3 is 29.0 Å². The number of hydrogen-bond donors (Lipinski definition) is 1. The summed E-state index contributed by atoms with van der Waals surface area (Å²) < 4.78 is 22.0. The van der Waals surface area contributed by atoms with Gasteiger partial charge in [-0.25, -0.2) is 0 Å². The Morgan fingerprint density at radius 1 is 1.00 bits per heavy atom. The Kier molecular flexibility index (Phi) is 8.91. The number of nitrogens with zero attached hydrogens (tertiary/aromatic N) is 2. The summed E-state index contributed by atoms with van der Waals surface area (Å²) in [7, 11) is 3.07. The van der Waals surface area contributed by atoms with Crippen molar-refractivity contribution >= 4 is 17.4 Å². The minimum atomic E-state index is -0.772. The quantitative estimate of drug-likeness (QED) is 0.286. The lowest BCUT2D eigenvalue weighted by Gasteiger charge is -2.29. The van der Waals surface area contributed by atoms with E-state index in [9.17, 15) is 14.7 Å². The number of aliphatic hydroxyl groups excluding tert-OH is 1. The fourth-order valence-corrected chi connectivity index (χ4v) is 4.89. The van der Waals surface area contributed by atoms with Crippen molar-refractivity contribution in [1.82, 2.24) is 9.80 Å². The van der Waals surface area contributed by atoms with Gasteiger partial charge in [0, 0.05) is 31.7 Å². The molecular formula is C29H36N2O7. The lowest BCUT2D eigenvalue weighted by molar-refractivity contribution is -0.140. The Bertz CT molecular complexity index is 1170. The number of ether oxygens (including phenoxy) is 4. The third-order valence-corrected chi connectivity index (χ3v) is 6.74. The van der Waals surface area contributed by atoms with Gasteiger partial charge in [0.15, 0.2) is 11.5 Å². The number of morpholine rings is 1. The van der Waals surface area contributed by atoms with Gasteiger partial charge >= 0.3 is 0 Å². The summed E-state index contributed by atoms with van der Waals surface area (Å²) in [6, 6.07) is 11.3. The van der Waals surface area contributed by atoms with Crippen LogP contribution in [0.1, 0.15) is 37.4 Å². The van der Waals surface area contributed by atoms with Crippen LogP contribution in [-0.2, 0) is 14.3 Å². The number of rotatable bonds is 10. The molecule has 2 saturated heterocycles. The average Bonchev–Trinajstić information content (AvgIpc) is 3.18. The van der Waals surface area contributed by atoms with Gasteiger partial charge in [-0.15, -0.1) is 0 Å². The number of hydrogen-bond acceptors (Lipinski definition) is 8. The molecule has 9 heteroatoms. The molecule has 2 aliphatic rings. The Morgan fingerprint density at radius 3 is 2.32 bits per heavy atom. The van der Waals surface area contributed by atoms with Gasteiger partial charge in [-0.1, -0.05) is 6.07 Å². The highest BCUT2D eigenvalue weighted by Crippen LogP contribution is 2.42. The van der Waals surface area contributed by atoms with Gasteiger partial charge in [-0.05, 0) is 62.2 Å². The van der Waals surface area contributed by atoms with E-state index < -0.39 is 17.7 Å². The van der Waals surface area contributed by atoms with Crippen LogP contribution in [0.4, 0.5) is 0 Å². The highest BCUT2D eigenvalue weighted by atomic mass is 16.5. The molecule has 2 heterocycles. The normalized spacial score (nSPS) is 19.7. The van der Waals surface area contributed by atoms with Crippen LogP contribution in [0.15, 0.2) is 48.0 Å². The van der Waals surface area contributed by atoms with Crippen LogP contribution in [0, 0.1) is 0 Å². The second-order valence-corrected chi connectivity index (χ2v) is 9.61. The van der Waals surface area contributed by atoms with Crippen molar-refractivity contribution < 1.29 is 33.6 Å². The van der Waals surface area contributed by atoms with Gasteiger partial charge in [0.2, 0.25) is 0 Å². The smallest absolute Gasteiger partial charge is 0.295 e. The van der Waals surface area contributed by atoms with E-state index in [0.29, 0.717) is 54.6 Å². The first kappa shape index (κ1) is 27.5. The second-order valence-electron chi connectivity index (χ2n) is 9.61. The van der Waals surface area contributed by atoms with Gasteiger partial charge in [-0.3, -0.25) is 14.5 Å². The first-order valence-electron chi connectivity index (χ1n) is 12.9. The summed E-state index contributed by atoms with van der Waals surface area (Å²) in [6.45, 7) is 8.06. The molecule has 1 unspecified atom stereocenters. The molecule has 1 N–H and O–H groups in total. The number of Topliss-reactive ketones (excluding diaryl/α,β-unsaturated/α-hetero) is 1. The fraction of sp³-hybridized carbons (Fsp3) is 0.448. The van der Waals surface area contributed by atoms with Crippen molar-refractivity contribution in [1.29, 1.82) is 0 Å². The van der Waals surface area contributed by atoms with Gasteiger partial charge in [0.1, 0.15) is 11.5 Å². The van der Waals surface area contributed by atoms with Crippen LogP contribution >= 0.6 is 0 Å². The van der Waals surface area contributed by atoms with Crippen molar-refractivity contribution in [2.75, 3.05) is 53.6 Å².